The average Bonchev–Trinajstić information content (AvgIpc) is 2.68. The first-order valence-electron chi connectivity index (χ1n) is 10.3. The number of allylic oxidation sites excluding steroid dienone is 1. The molecule has 0 bridgehead atoms. The molecule has 2 heterocycles. The average molecular weight is 384 g/mol. The Bertz CT molecular complexity index is 802. The van der Waals surface area contributed by atoms with Gasteiger partial charge in [0, 0.05) is 50.8 Å². The van der Waals surface area contributed by atoms with Crippen LogP contribution in [0.1, 0.15) is 32.9 Å². The fourth-order valence-corrected chi connectivity index (χ4v) is 3.78. The molecule has 1 fully saturated rings. The zero-order valence-electron chi connectivity index (χ0n) is 17.4. The molecule has 1 N–H and O–H groups in total. The fraction of sp³-hybridized carbons (Fsp3) is 0.522. The van der Waals surface area contributed by atoms with Crippen LogP contribution in [0.15, 0.2) is 42.0 Å². The summed E-state index contributed by atoms with van der Waals surface area (Å²) in [4.78, 5) is 9.80. The molecule has 1 aromatic heterocycles. The van der Waals surface area contributed by atoms with Crippen molar-refractivity contribution in [3.05, 3.63) is 47.7 Å². The van der Waals surface area contributed by atoms with E-state index in [1.54, 1.807) is 0 Å². The van der Waals surface area contributed by atoms with Crippen molar-refractivity contribution in [2.75, 3.05) is 39.4 Å². The number of aliphatic hydroxyl groups excluding tert-OH is 1. The maximum absolute atomic E-state index is 9.49. The monoisotopic (exact) mass is 383 g/mol. The van der Waals surface area contributed by atoms with Gasteiger partial charge in [-0.1, -0.05) is 17.7 Å². The number of ether oxygens (including phenoxy) is 1. The van der Waals surface area contributed by atoms with Gasteiger partial charge < -0.3 is 9.84 Å². The van der Waals surface area contributed by atoms with Gasteiger partial charge in [-0.25, -0.2) is 0 Å². The van der Waals surface area contributed by atoms with E-state index >= 15 is 0 Å². The first kappa shape index (κ1) is 20.8. The van der Waals surface area contributed by atoms with Crippen LogP contribution in [0.5, 0.6) is 5.75 Å². The van der Waals surface area contributed by atoms with E-state index in [4.69, 9.17) is 9.72 Å². The third kappa shape index (κ3) is 5.53. The predicted molar refractivity (Wildman–Crippen MR) is 115 cm³/mol. The summed E-state index contributed by atoms with van der Waals surface area (Å²) >= 11 is 0. The van der Waals surface area contributed by atoms with Crippen molar-refractivity contribution in [1.29, 1.82) is 0 Å². The van der Waals surface area contributed by atoms with E-state index in [2.05, 4.69) is 47.9 Å². The van der Waals surface area contributed by atoms with Crippen molar-refractivity contribution in [3.63, 3.8) is 0 Å². The molecule has 152 valence electrons. The summed E-state index contributed by atoms with van der Waals surface area (Å²) in [7, 11) is 0. The zero-order chi connectivity index (χ0) is 19.9. The van der Waals surface area contributed by atoms with Crippen molar-refractivity contribution in [2.45, 2.75) is 39.8 Å². The maximum atomic E-state index is 9.49. The largest absolute Gasteiger partial charge is 0.494 e. The van der Waals surface area contributed by atoms with Crippen molar-refractivity contribution in [1.82, 2.24) is 14.8 Å². The fourth-order valence-electron chi connectivity index (χ4n) is 3.78. The summed E-state index contributed by atoms with van der Waals surface area (Å²) in [5.74, 6) is 0.892. The second-order valence-electron chi connectivity index (χ2n) is 7.77. The second kappa shape index (κ2) is 10.0. The highest BCUT2D eigenvalue weighted by molar-refractivity contribution is 5.80. The number of pyridine rings is 1. The van der Waals surface area contributed by atoms with Crippen LogP contribution in [0.25, 0.3) is 10.9 Å². The number of hydrogen-bond acceptors (Lipinski definition) is 5. The summed E-state index contributed by atoms with van der Waals surface area (Å²) in [5.41, 5.74) is 3.45. The summed E-state index contributed by atoms with van der Waals surface area (Å²) in [5, 5.41) is 10.6. The molecular weight excluding hydrogens is 350 g/mol. The topological polar surface area (TPSA) is 48.8 Å². The van der Waals surface area contributed by atoms with E-state index in [0.29, 0.717) is 12.6 Å². The number of aliphatic hydroxyl groups is 1. The zero-order valence-corrected chi connectivity index (χ0v) is 17.4. The van der Waals surface area contributed by atoms with E-state index in [1.165, 1.54) is 5.57 Å². The molecule has 1 aliphatic rings. The van der Waals surface area contributed by atoms with Crippen molar-refractivity contribution >= 4 is 10.9 Å². The van der Waals surface area contributed by atoms with Crippen molar-refractivity contribution in [2.24, 2.45) is 0 Å². The van der Waals surface area contributed by atoms with E-state index in [9.17, 15) is 5.11 Å². The van der Waals surface area contributed by atoms with Crippen molar-refractivity contribution in [3.8, 4) is 5.75 Å². The highest BCUT2D eigenvalue weighted by Crippen LogP contribution is 2.21. The van der Waals surface area contributed by atoms with Crippen LogP contribution in [-0.4, -0.2) is 65.3 Å². The molecule has 0 unspecified atom stereocenters. The molecule has 1 saturated heterocycles. The Morgan fingerprint density at radius 3 is 2.86 bits per heavy atom. The molecule has 0 aliphatic carbocycles. The van der Waals surface area contributed by atoms with Crippen molar-refractivity contribution < 1.29 is 9.84 Å². The number of hydrogen-bond donors (Lipinski definition) is 1. The van der Waals surface area contributed by atoms with Gasteiger partial charge in [-0.2, -0.15) is 0 Å². The number of aromatic nitrogens is 1. The molecule has 1 atom stereocenters. The molecular formula is C23H33N3O2. The minimum atomic E-state index is 0.236. The lowest BCUT2D eigenvalue weighted by Crippen LogP contribution is -2.53. The Morgan fingerprint density at radius 2 is 2.11 bits per heavy atom. The Labute approximate surface area is 168 Å². The molecule has 0 amide bonds. The molecule has 5 heteroatoms. The van der Waals surface area contributed by atoms with Gasteiger partial charge in [0.15, 0.2) is 0 Å². The second-order valence-corrected chi connectivity index (χ2v) is 7.77. The molecule has 28 heavy (non-hydrogen) atoms. The summed E-state index contributed by atoms with van der Waals surface area (Å²) in [6.07, 6.45) is 3.10. The summed E-state index contributed by atoms with van der Waals surface area (Å²) < 4.78 is 5.58. The highest BCUT2D eigenvalue weighted by Gasteiger charge is 2.26. The van der Waals surface area contributed by atoms with Crippen LogP contribution < -0.4 is 4.74 Å². The Hall–Kier alpha value is -1.95. The van der Waals surface area contributed by atoms with Crippen LogP contribution >= 0.6 is 0 Å². The SMILES string of the molecule is CCOc1ccc2nc(CN3CCN(CC=C(C)C)[C@@H](CCO)C3)ccc2c1. The lowest BCUT2D eigenvalue weighted by atomic mass is 10.1. The van der Waals surface area contributed by atoms with Crippen LogP contribution in [-0.2, 0) is 6.54 Å². The first-order valence-corrected chi connectivity index (χ1v) is 10.3. The van der Waals surface area contributed by atoms with Gasteiger partial charge in [0.1, 0.15) is 5.75 Å². The van der Waals surface area contributed by atoms with Crippen LogP contribution in [0.2, 0.25) is 0 Å². The van der Waals surface area contributed by atoms with Crippen LogP contribution in [0.3, 0.4) is 0 Å². The Kier molecular flexibility index (Phi) is 7.43. The number of rotatable bonds is 8. The summed E-state index contributed by atoms with van der Waals surface area (Å²) in [6, 6.07) is 10.7. The molecule has 0 spiro atoms. The van der Waals surface area contributed by atoms with E-state index < -0.39 is 0 Å². The van der Waals surface area contributed by atoms with Gasteiger partial charge in [-0.3, -0.25) is 14.8 Å². The Morgan fingerprint density at radius 1 is 1.25 bits per heavy atom. The molecule has 3 rings (SSSR count). The molecule has 5 nitrogen and oxygen atoms in total. The molecule has 1 aliphatic heterocycles. The quantitative estimate of drug-likeness (QED) is 0.708. The van der Waals surface area contributed by atoms with Gasteiger partial charge in [-0.05, 0) is 51.5 Å². The lowest BCUT2D eigenvalue weighted by Gasteiger charge is -2.41. The molecule has 2 aromatic rings. The number of benzene rings is 1. The van der Waals surface area contributed by atoms with Gasteiger partial charge in [0.05, 0.1) is 17.8 Å². The number of fused-ring (bicyclic) bond motifs is 1. The normalized spacial score (nSPS) is 18.4. The maximum Gasteiger partial charge on any atom is 0.120 e. The standard InChI is InChI=1S/C23H33N3O2/c1-4-28-22-7-8-23-19(15-22)5-6-20(24-23)16-25-12-13-26(11-9-18(2)3)21(17-25)10-14-27/h5-9,15,21,27H,4,10-14,16-17H2,1-3H3/t21-/m0/s1. The smallest absolute Gasteiger partial charge is 0.120 e. The predicted octanol–water partition coefficient (Wildman–Crippen LogP) is 3.47. The molecule has 1 aromatic carbocycles. The molecule has 0 radical (unpaired) electrons. The third-order valence-corrected chi connectivity index (χ3v) is 5.30. The lowest BCUT2D eigenvalue weighted by molar-refractivity contribution is 0.0631. The van der Waals surface area contributed by atoms with Gasteiger partial charge >= 0.3 is 0 Å². The van der Waals surface area contributed by atoms with E-state index in [1.807, 2.05) is 19.1 Å². The minimum Gasteiger partial charge on any atom is -0.494 e. The van der Waals surface area contributed by atoms with Gasteiger partial charge in [-0.15, -0.1) is 0 Å². The van der Waals surface area contributed by atoms with Crippen LogP contribution in [0, 0.1) is 0 Å². The number of piperazine rings is 1. The Balaban J connectivity index is 1.66. The van der Waals surface area contributed by atoms with Crippen LogP contribution in [0.4, 0.5) is 0 Å². The van der Waals surface area contributed by atoms with Gasteiger partial charge in [0.25, 0.3) is 0 Å². The number of nitrogens with zero attached hydrogens (tertiary/aromatic N) is 3. The van der Waals surface area contributed by atoms with Gasteiger partial charge in [0.2, 0.25) is 0 Å². The van der Waals surface area contributed by atoms with E-state index in [0.717, 1.165) is 61.5 Å². The third-order valence-electron chi connectivity index (χ3n) is 5.30. The molecule has 0 saturated carbocycles. The van der Waals surface area contributed by atoms with E-state index in [-0.39, 0.29) is 6.61 Å². The highest BCUT2D eigenvalue weighted by atomic mass is 16.5. The summed E-state index contributed by atoms with van der Waals surface area (Å²) in [6.45, 7) is 12.0. The first-order chi connectivity index (χ1) is 13.6. The minimum absolute atomic E-state index is 0.236.